The monoisotopic (exact) mass is 129 g/mol. The van der Waals surface area contributed by atoms with Crippen LogP contribution >= 0.6 is 0 Å². The van der Waals surface area contributed by atoms with Crippen LogP contribution in [0.15, 0.2) is 0 Å². The first kappa shape index (κ1) is 7.03. The second-order valence-electron chi connectivity index (χ2n) is 2.67. The van der Waals surface area contributed by atoms with E-state index in [0.717, 1.165) is 5.92 Å². The molecule has 54 valence electrons. The van der Waals surface area contributed by atoms with Gasteiger partial charge in [0.15, 0.2) is 0 Å². The van der Waals surface area contributed by atoms with E-state index in [9.17, 15) is 0 Å². The highest BCUT2D eigenvalue weighted by molar-refractivity contribution is 4.83. The molecule has 0 aromatic carbocycles. The molecule has 0 aromatic rings. The second-order valence-corrected chi connectivity index (χ2v) is 2.67. The van der Waals surface area contributed by atoms with E-state index in [1.165, 1.54) is 19.3 Å². The maximum atomic E-state index is 4.85. The standard InChI is InChI=1S/C7H15NO/c1-3-7(8-9-2)6-4-5-6/h6-8H,3-5H2,1-2H3. The molecular formula is C7H15NO. The summed E-state index contributed by atoms with van der Waals surface area (Å²) in [5.74, 6) is 0.898. The van der Waals surface area contributed by atoms with E-state index < -0.39 is 0 Å². The minimum Gasteiger partial charge on any atom is -0.305 e. The fraction of sp³-hybridized carbons (Fsp3) is 1.00. The lowest BCUT2D eigenvalue weighted by molar-refractivity contribution is 0.0527. The van der Waals surface area contributed by atoms with E-state index in [-0.39, 0.29) is 0 Å². The van der Waals surface area contributed by atoms with E-state index in [0.29, 0.717) is 6.04 Å². The predicted octanol–water partition coefficient (Wildman–Crippen LogP) is 1.33. The van der Waals surface area contributed by atoms with Gasteiger partial charge < -0.3 is 4.84 Å². The maximum Gasteiger partial charge on any atom is 0.0572 e. The van der Waals surface area contributed by atoms with E-state index in [1.807, 2.05) is 0 Å². The molecule has 0 saturated heterocycles. The molecule has 1 aliphatic rings. The summed E-state index contributed by atoms with van der Waals surface area (Å²) in [4.78, 5) is 4.85. The molecular weight excluding hydrogens is 114 g/mol. The van der Waals surface area contributed by atoms with Gasteiger partial charge in [-0.25, -0.2) is 0 Å². The molecule has 0 heterocycles. The molecule has 0 amide bonds. The highest BCUT2D eigenvalue weighted by Gasteiger charge is 2.29. The molecule has 2 nitrogen and oxygen atoms in total. The minimum atomic E-state index is 0.606. The molecule has 9 heavy (non-hydrogen) atoms. The fourth-order valence-electron chi connectivity index (χ4n) is 1.16. The van der Waals surface area contributed by atoms with Gasteiger partial charge in [-0.2, -0.15) is 5.48 Å². The second kappa shape index (κ2) is 3.18. The summed E-state index contributed by atoms with van der Waals surface area (Å²) in [5.41, 5.74) is 2.99. The van der Waals surface area contributed by atoms with Crippen LogP contribution in [0, 0.1) is 5.92 Å². The van der Waals surface area contributed by atoms with Gasteiger partial charge in [0.2, 0.25) is 0 Å². The Balaban J connectivity index is 2.12. The third kappa shape index (κ3) is 1.95. The molecule has 0 aromatic heterocycles. The lowest BCUT2D eigenvalue weighted by Crippen LogP contribution is -2.29. The Kier molecular flexibility index (Phi) is 2.49. The van der Waals surface area contributed by atoms with Crippen LogP contribution in [-0.4, -0.2) is 13.2 Å². The van der Waals surface area contributed by atoms with E-state index in [2.05, 4.69) is 12.4 Å². The van der Waals surface area contributed by atoms with Crippen molar-refractivity contribution < 1.29 is 4.84 Å². The topological polar surface area (TPSA) is 21.3 Å². The molecule has 0 radical (unpaired) electrons. The predicted molar refractivity (Wildman–Crippen MR) is 36.9 cm³/mol. The molecule has 0 bridgehead atoms. The number of hydroxylamine groups is 1. The Labute approximate surface area is 56.5 Å². The van der Waals surface area contributed by atoms with E-state index in [4.69, 9.17) is 4.84 Å². The van der Waals surface area contributed by atoms with Crippen molar-refractivity contribution in [1.82, 2.24) is 5.48 Å². The molecule has 1 saturated carbocycles. The van der Waals surface area contributed by atoms with Crippen LogP contribution in [0.5, 0.6) is 0 Å². The van der Waals surface area contributed by atoms with Crippen LogP contribution in [0.4, 0.5) is 0 Å². The summed E-state index contributed by atoms with van der Waals surface area (Å²) in [5, 5.41) is 0. The molecule has 1 aliphatic carbocycles. The average Bonchev–Trinajstić information content (AvgIpc) is 2.64. The lowest BCUT2D eigenvalue weighted by atomic mass is 10.1. The van der Waals surface area contributed by atoms with Gasteiger partial charge in [0.05, 0.1) is 7.11 Å². The normalized spacial score (nSPS) is 22.0. The first-order chi connectivity index (χ1) is 4.38. The van der Waals surface area contributed by atoms with Gasteiger partial charge in [0.25, 0.3) is 0 Å². The van der Waals surface area contributed by atoms with Gasteiger partial charge in [-0.15, -0.1) is 0 Å². The summed E-state index contributed by atoms with van der Waals surface area (Å²) < 4.78 is 0. The van der Waals surface area contributed by atoms with Gasteiger partial charge in [0.1, 0.15) is 0 Å². The first-order valence-corrected chi connectivity index (χ1v) is 3.67. The summed E-state index contributed by atoms with van der Waals surface area (Å²) in [6.07, 6.45) is 3.95. The van der Waals surface area contributed by atoms with Crippen molar-refractivity contribution in [2.75, 3.05) is 7.11 Å². The molecule has 2 heteroatoms. The molecule has 1 N–H and O–H groups in total. The fourth-order valence-corrected chi connectivity index (χ4v) is 1.16. The number of hydrogen-bond acceptors (Lipinski definition) is 2. The van der Waals surface area contributed by atoms with Crippen molar-refractivity contribution in [1.29, 1.82) is 0 Å². The van der Waals surface area contributed by atoms with Crippen LogP contribution in [-0.2, 0) is 4.84 Å². The maximum absolute atomic E-state index is 4.85. The van der Waals surface area contributed by atoms with Crippen molar-refractivity contribution in [3.63, 3.8) is 0 Å². The number of hydrogen-bond donors (Lipinski definition) is 1. The minimum absolute atomic E-state index is 0.606. The van der Waals surface area contributed by atoms with Crippen LogP contribution in [0.3, 0.4) is 0 Å². The number of nitrogens with one attached hydrogen (secondary N) is 1. The SMILES string of the molecule is CCC(NOC)C1CC1. The Hall–Kier alpha value is -0.0800. The summed E-state index contributed by atoms with van der Waals surface area (Å²) in [6, 6.07) is 0.606. The van der Waals surface area contributed by atoms with Crippen molar-refractivity contribution in [2.45, 2.75) is 32.2 Å². The van der Waals surface area contributed by atoms with Gasteiger partial charge in [0, 0.05) is 6.04 Å². The molecule has 1 fully saturated rings. The van der Waals surface area contributed by atoms with Crippen LogP contribution in [0.1, 0.15) is 26.2 Å². The quantitative estimate of drug-likeness (QED) is 0.578. The largest absolute Gasteiger partial charge is 0.305 e. The summed E-state index contributed by atoms with van der Waals surface area (Å²) >= 11 is 0. The van der Waals surface area contributed by atoms with Crippen LogP contribution < -0.4 is 5.48 Å². The Morgan fingerprint density at radius 1 is 1.67 bits per heavy atom. The van der Waals surface area contributed by atoms with Crippen molar-refractivity contribution in [3.8, 4) is 0 Å². The van der Waals surface area contributed by atoms with Crippen molar-refractivity contribution >= 4 is 0 Å². The third-order valence-corrected chi connectivity index (χ3v) is 1.90. The van der Waals surface area contributed by atoms with E-state index >= 15 is 0 Å². The van der Waals surface area contributed by atoms with Gasteiger partial charge in [-0.05, 0) is 25.2 Å². The lowest BCUT2D eigenvalue weighted by Gasteiger charge is -2.12. The smallest absolute Gasteiger partial charge is 0.0572 e. The van der Waals surface area contributed by atoms with E-state index in [1.54, 1.807) is 7.11 Å². The Morgan fingerprint density at radius 3 is 2.67 bits per heavy atom. The zero-order chi connectivity index (χ0) is 6.69. The zero-order valence-electron chi connectivity index (χ0n) is 6.18. The first-order valence-electron chi connectivity index (χ1n) is 3.67. The molecule has 1 rings (SSSR count). The van der Waals surface area contributed by atoms with Crippen molar-refractivity contribution in [2.24, 2.45) is 5.92 Å². The summed E-state index contributed by atoms with van der Waals surface area (Å²) in [7, 11) is 1.69. The highest BCUT2D eigenvalue weighted by atomic mass is 16.6. The molecule has 1 atom stereocenters. The van der Waals surface area contributed by atoms with Crippen LogP contribution in [0.2, 0.25) is 0 Å². The summed E-state index contributed by atoms with van der Waals surface area (Å²) in [6.45, 7) is 2.19. The molecule has 0 spiro atoms. The van der Waals surface area contributed by atoms with Crippen LogP contribution in [0.25, 0.3) is 0 Å². The van der Waals surface area contributed by atoms with Gasteiger partial charge >= 0.3 is 0 Å². The zero-order valence-corrected chi connectivity index (χ0v) is 6.18. The molecule has 0 aliphatic heterocycles. The average molecular weight is 129 g/mol. The third-order valence-electron chi connectivity index (χ3n) is 1.90. The van der Waals surface area contributed by atoms with Gasteiger partial charge in [-0.1, -0.05) is 6.92 Å². The van der Waals surface area contributed by atoms with Crippen molar-refractivity contribution in [3.05, 3.63) is 0 Å². The Bertz CT molecular complexity index is 81.0. The highest BCUT2D eigenvalue weighted by Crippen LogP contribution is 2.33. The molecule has 1 unspecified atom stereocenters. The number of rotatable bonds is 4. The van der Waals surface area contributed by atoms with Gasteiger partial charge in [-0.3, -0.25) is 0 Å². The Morgan fingerprint density at radius 2 is 2.33 bits per heavy atom.